The van der Waals surface area contributed by atoms with Crippen LogP contribution in [0.15, 0.2) is 0 Å². The highest BCUT2D eigenvalue weighted by Gasteiger charge is 2.34. The second-order valence-electron chi connectivity index (χ2n) is 6.50. The van der Waals surface area contributed by atoms with Crippen molar-refractivity contribution < 1.29 is 14.4 Å². The van der Waals surface area contributed by atoms with Crippen molar-refractivity contribution >= 4 is 17.7 Å². The molecule has 2 rings (SSSR count). The molecule has 3 amide bonds. The van der Waals surface area contributed by atoms with E-state index < -0.39 is 11.8 Å². The van der Waals surface area contributed by atoms with Crippen LogP contribution in [0.1, 0.15) is 36.8 Å². The number of piperazine rings is 1. The van der Waals surface area contributed by atoms with E-state index in [4.69, 9.17) is 0 Å². The van der Waals surface area contributed by atoms with Gasteiger partial charge in [-0.3, -0.25) is 19.1 Å². The number of likely N-dealkylation sites (N-methyl/N-ethyl adjacent to an activating group) is 2. The van der Waals surface area contributed by atoms with Crippen LogP contribution < -0.4 is 0 Å². The van der Waals surface area contributed by atoms with E-state index in [1.165, 1.54) is 9.80 Å². The number of aromatic nitrogens is 2. The summed E-state index contributed by atoms with van der Waals surface area (Å²) < 4.78 is 1.80. The van der Waals surface area contributed by atoms with E-state index in [1.54, 1.807) is 16.6 Å². The third kappa shape index (κ3) is 3.52. The van der Waals surface area contributed by atoms with E-state index in [0.29, 0.717) is 19.6 Å². The second kappa shape index (κ2) is 7.25. The fourth-order valence-corrected chi connectivity index (χ4v) is 3.25. The Labute approximate surface area is 148 Å². The Morgan fingerprint density at radius 2 is 1.76 bits per heavy atom. The van der Waals surface area contributed by atoms with Crippen molar-refractivity contribution in [3.63, 3.8) is 0 Å². The molecule has 2 heterocycles. The minimum absolute atomic E-state index is 0.0820. The standard InChI is InChI=1S/C17H27N5O3/c1-7-21-8-9-22(17(25)16(21)24)10-14(23)19(5)12(3)15-11(2)18-20(6)13(15)4/h12H,7-10H2,1-6H3/t12-/m0/s1. The lowest BCUT2D eigenvalue weighted by molar-refractivity contribution is -0.157. The summed E-state index contributed by atoms with van der Waals surface area (Å²) in [6.07, 6.45) is 0. The maximum atomic E-state index is 12.6. The Hall–Kier alpha value is -2.38. The van der Waals surface area contributed by atoms with Gasteiger partial charge >= 0.3 is 11.8 Å². The van der Waals surface area contributed by atoms with Crippen molar-refractivity contribution in [2.45, 2.75) is 33.7 Å². The van der Waals surface area contributed by atoms with E-state index in [9.17, 15) is 14.4 Å². The van der Waals surface area contributed by atoms with Crippen LogP contribution in [0.25, 0.3) is 0 Å². The molecular weight excluding hydrogens is 322 g/mol. The molecule has 0 aliphatic carbocycles. The van der Waals surface area contributed by atoms with Gasteiger partial charge in [0.05, 0.1) is 11.7 Å². The van der Waals surface area contributed by atoms with Crippen LogP contribution in [0.4, 0.5) is 0 Å². The molecule has 1 atom stereocenters. The molecule has 1 saturated heterocycles. The number of nitrogens with zero attached hydrogens (tertiary/aromatic N) is 5. The maximum Gasteiger partial charge on any atom is 0.312 e. The molecule has 0 N–H and O–H groups in total. The number of carbonyl (C=O) groups excluding carboxylic acids is 3. The molecule has 1 aliphatic rings. The molecule has 0 bridgehead atoms. The van der Waals surface area contributed by atoms with Crippen LogP contribution in [0.5, 0.6) is 0 Å². The van der Waals surface area contributed by atoms with Crippen molar-refractivity contribution in [2.24, 2.45) is 7.05 Å². The summed E-state index contributed by atoms with van der Waals surface area (Å²) in [7, 11) is 3.59. The number of hydrogen-bond donors (Lipinski definition) is 0. The SMILES string of the molecule is CCN1CCN(CC(=O)N(C)[C@@H](C)c2c(C)nn(C)c2C)C(=O)C1=O. The Balaban J connectivity index is 2.08. The molecule has 0 unspecified atom stereocenters. The molecule has 1 aliphatic heterocycles. The van der Waals surface area contributed by atoms with Gasteiger partial charge in [-0.25, -0.2) is 0 Å². The molecule has 8 nitrogen and oxygen atoms in total. The third-order valence-electron chi connectivity index (χ3n) is 5.06. The lowest BCUT2D eigenvalue weighted by Crippen LogP contribution is -2.56. The van der Waals surface area contributed by atoms with Gasteiger partial charge < -0.3 is 14.7 Å². The van der Waals surface area contributed by atoms with Crippen molar-refractivity contribution in [2.75, 3.05) is 33.2 Å². The predicted octanol–water partition coefficient (Wildman–Crippen LogP) is 0.247. The van der Waals surface area contributed by atoms with Gasteiger partial charge in [0.25, 0.3) is 0 Å². The first-order chi connectivity index (χ1) is 11.7. The Kier molecular flexibility index (Phi) is 5.49. The van der Waals surface area contributed by atoms with Gasteiger partial charge in [0.15, 0.2) is 0 Å². The Morgan fingerprint density at radius 1 is 1.20 bits per heavy atom. The zero-order valence-electron chi connectivity index (χ0n) is 15.9. The Bertz CT molecular complexity index is 697. The summed E-state index contributed by atoms with van der Waals surface area (Å²) >= 11 is 0. The molecule has 25 heavy (non-hydrogen) atoms. The van der Waals surface area contributed by atoms with E-state index in [1.807, 2.05) is 34.7 Å². The average Bonchev–Trinajstić information content (AvgIpc) is 2.83. The highest BCUT2D eigenvalue weighted by atomic mass is 16.2. The lowest BCUT2D eigenvalue weighted by Gasteiger charge is -2.34. The van der Waals surface area contributed by atoms with Crippen LogP contribution >= 0.6 is 0 Å². The third-order valence-corrected chi connectivity index (χ3v) is 5.06. The van der Waals surface area contributed by atoms with Gasteiger partial charge in [0.1, 0.15) is 6.54 Å². The predicted molar refractivity (Wildman–Crippen MR) is 92.7 cm³/mol. The summed E-state index contributed by atoms with van der Waals surface area (Å²) in [6.45, 7) is 8.94. The summed E-state index contributed by atoms with van der Waals surface area (Å²) in [5.41, 5.74) is 2.90. The number of hydrogen-bond acceptors (Lipinski definition) is 4. The van der Waals surface area contributed by atoms with Gasteiger partial charge in [-0.1, -0.05) is 0 Å². The molecule has 1 aromatic heterocycles. The fraction of sp³-hybridized carbons (Fsp3) is 0.647. The second-order valence-corrected chi connectivity index (χ2v) is 6.50. The van der Waals surface area contributed by atoms with E-state index in [0.717, 1.165) is 17.0 Å². The molecule has 0 radical (unpaired) electrons. The van der Waals surface area contributed by atoms with E-state index in [2.05, 4.69) is 5.10 Å². The van der Waals surface area contributed by atoms with Crippen LogP contribution in [0.2, 0.25) is 0 Å². The smallest absolute Gasteiger partial charge is 0.312 e. The van der Waals surface area contributed by atoms with Crippen LogP contribution in [0.3, 0.4) is 0 Å². The van der Waals surface area contributed by atoms with E-state index >= 15 is 0 Å². The molecule has 1 aromatic rings. The van der Waals surface area contributed by atoms with Crippen molar-refractivity contribution in [3.05, 3.63) is 17.0 Å². The van der Waals surface area contributed by atoms with Crippen molar-refractivity contribution in [3.8, 4) is 0 Å². The first-order valence-electron chi connectivity index (χ1n) is 8.52. The van der Waals surface area contributed by atoms with Crippen LogP contribution in [0, 0.1) is 13.8 Å². The quantitative estimate of drug-likeness (QED) is 0.714. The van der Waals surface area contributed by atoms with Gasteiger partial charge in [-0.05, 0) is 27.7 Å². The zero-order valence-corrected chi connectivity index (χ0v) is 15.9. The van der Waals surface area contributed by atoms with Crippen molar-refractivity contribution in [1.82, 2.24) is 24.5 Å². The average molecular weight is 349 g/mol. The summed E-state index contributed by atoms with van der Waals surface area (Å²) in [5.74, 6) is -1.33. The minimum Gasteiger partial charge on any atom is -0.337 e. The molecule has 0 saturated carbocycles. The van der Waals surface area contributed by atoms with Crippen LogP contribution in [-0.4, -0.2) is 75.4 Å². The highest BCUT2D eigenvalue weighted by Crippen LogP contribution is 2.25. The minimum atomic E-state index is -0.601. The number of carbonyl (C=O) groups is 3. The van der Waals surface area contributed by atoms with E-state index in [-0.39, 0.29) is 18.5 Å². The topological polar surface area (TPSA) is 78.8 Å². The van der Waals surface area contributed by atoms with Gasteiger partial charge in [-0.15, -0.1) is 0 Å². The molecule has 1 fully saturated rings. The number of rotatable bonds is 5. The molecule has 138 valence electrons. The van der Waals surface area contributed by atoms with Gasteiger partial charge in [0, 0.05) is 45.0 Å². The number of amides is 3. The highest BCUT2D eigenvalue weighted by molar-refractivity contribution is 6.35. The van der Waals surface area contributed by atoms with Gasteiger partial charge in [0.2, 0.25) is 5.91 Å². The Morgan fingerprint density at radius 3 is 2.28 bits per heavy atom. The summed E-state index contributed by atoms with van der Waals surface area (Å²) in [4.78, 5) is 41.2. The molecule has 0 spiro atoms. The zero-order chi connectivity index (χ0) is 18.9. The van der Waals surface area contributed by atoms with Crippen molar-refractivity contribution in [1.29, 1.82) is 0 Å². The largest absolute Gasteiger partial charge is 0.337 e. The fourth-order valence-electron chi connectivity index (χ4n) is 3.25. The monoisotopic (exact) mass is 349 g/mol. The normalized spacial score (nSPS) is 16.4. The first-order valence-corrected chi connectivity index (χ1v) is 8.52. The maximum absolute atomic E-state index is 12.6. The summed E-state index contributed by atoms with van der Waals surface area (Å²) in [6, 6.07) is -0.163. The first kappa shape index (κ1) is 19.0. The van der Waals surface area contributed by atoms with Crippen LogP contribution in [-0.2, 0) is 21.4 Å². The lowest BCUT2D eigenvalue weighted by atomic mass is 10.1. The molecular formula is C17H27N5O3. The van der Waals surface area contributed by atoms with Gasteiger partial charge in [-0.2, -0.15) is 5.10 Å². The summed E-state index contributed by atoms with van der Waals surface area (Å²) in [5, 5.41) is 4.39. The molecule has 0 aromatic carbocycles. The molecule has 8 heteroatoms. The number of aryl methyl sites for hydroxylation is 2.